The van der Waals surface area contributed by atoms with Gasteiger partial charge in [-0.1, -0.05) is 0 Å². The molecule has 1 heterocycles. The largest absolute Gasteiger partial charge is 0.395 e. The van der Waals surface area contributed by atoms with E-state index in [1.807, 2.05) is 0 Å². The molecule has 108 valence electrons. The zero-order chi connectivity index (χ0) is 12.8. The Labute approximate surface area is 117 Å². The van der Waals surface area contributed by atoms with Gasteiger partial charge in [-0.2, -0.15) is 0 Å². The van der Waals surface area contributed by atoms with E-state index in [0.29, 0.717) is 6.61 Å². The van der Waals surface area contributed by atoms with Crippen molar-refractivity contribution in [2.24, 2.45) is 23.7 Å². The van der Waals surface area contributed by atoms with Crippen molar-refractivity contribution in [3.8, 4) is 0 Å². The first-order chi connectivity index (χ1) is 9.33. The van der Waals surface area contributed by atoms with Crippen LogP contribution in [0.3, 0.4) is 0 Å². The predicted molar refractivity (Wildman–Crippen MR) is 75.9 cm³/mol. The van der Waals surface area contributed by atoms with Crippen molar-refractivity contribution in [1.82, 2.24) is 9.80 Å². The molecule has 5 rings (SSSR count). The summed E-state index contributed by atoms with van der Waals surface area (Å²) < 4.78 is 0. The normalized spacial score (nSPS) is 46.9. The maximum Gasteiger partial charge on any atom is 0.0558 e. The van der Waals surface area contributed by atoms with Gasteiger partial charge in [-0.25, -0.2) is 0 Å². The van der Waals surface area contributed by atoms with Crippen LogP contribution < -0.4 is 0 Å². The van der Waals surface area contributed by atoms with E-state index in [0.717, 1.165) is 36.3 Å². The van der Waals surface area contributed by atoms with Gasteiger partial charge in [0.05, 0.1) is 6.61 Å². The molecule has 0 unspecified atom stereocenters. The summed E-state index contributed by atoms with van der Waals surface area (Å²) in [7, 11) is 0. The highest BCUT2D eigenvalue weighted by Gasteiger charge is 2.50. The summed E-state index contributed by atoms with van der Waals surface area (Å²) in [5.74, 6) is 4.24. The van der Waals surface area contributed by atoms with E-state index in [9.17, 15) is 0 Å². The van der Waals surface area contributed by atoms with Crippen LogP contribution >= 0.6 is 0 Å². The number of rotatable bonds is 3. The average molecular weight is 264 g/mol. The summed E-state index contributed by atoms with van der Waals surface area (Å²) in [6.07, 6.45) is 7.70. The van der Waals surface area contributed by atoms with Crippen molar-refractivity contribution in [3.63, 3.8) is 0 Å². The molecule has 4 saturated carbocycles. The molecule has 1 N–H and O–H groups in total. The molecule has 1 saturated heterocycles. The Kier molecular flexibility index (Phi) is 3.33. The topological polar surface area (TPSA) is 26.7 Å². The van der Waals surface area contributed by atoms with E-state index in [1.54, 1.807) is 6.42 Å². The highest BCUT2D eigenvalue weighted by atomic mass is 16.3. The zero-order valence-electron chi connectivity index (χ0n) is 12.0. The molecule has 0 aromatic carbocycles. The fraction of sp³-hybridized carbons (Fsp3) is 1.00. The Balaban J connectivity index is 1.40. The van der Waals surface area contributed by atoms with Crippen LogP contribution in [0.2, 0.25) is 0 Å². The van der Waals surface area contributed by atoms with Crippen molar-refractivity contribution in [2.45, 2.75) is 38.1 Å². The first-order valence-electron chi connectivity index (χ1n) is 8.40. The molecule has 3 heteroatoms. The van der Waals surface area contributed by atoms with Crippen LogP contribution in [0.5, 0.6) is 0 Å². The molecule has 1 aliphatic heterocycles. The Morgan fingerprint density at radius 1 is 0.789 bits per heavy atom. The maximum atomic E-state index is 9.04. The lowest BCUT2D eigenvalue weighted by atomic mass is 9.54. The summed E-state index contributed by atoms with van der Waals surface area (Å²) in [5.41, 5.74) is 0. The lowest BCUT2D eigenvalue weighted by molar-refractivity contribution is -0.0769. The molecular weight excluding hydrogens is 236 g/mol. The molecule has 0 aromatic rings. The number of aliphatic hydroxyl groups is 1. The Bertz CT molecular complexity index is 297. The SMILES string of the molecule is OCCN1CCN(C2C3CC4CC(C3)CC2C4)CC1. The van der Waals surface area contributed by atoms with Crippen LogP contribution in [-0.2, 0) is 0 Å². The third-order valence-electron chi connectivity index (χ3n) is 6.42. The second-order valence-electron chi connectivity index (χ2n) is 7.52. The van der Waals surface area contributed by atoms with Crippen molar-refractivity contribution in [3.05, 3.63) is 0 Å². The van der Waals surface area contributed by atoms with Crippen molar-refractivity contribution in [1.29, 1.82) is 0 Å². The van der Waals surface area contributed by atoms with Crippen LogP contribution in [0, 0.1) is 23.7 Å². The maximum absolute atomic E-state index is 9.04. The fourth-order valence-corrected chi connectivity index (χ4v) is 5.92. The quantitative estimate of drug-likeness (QED) is 0.835. The number of β-amino-alcohol motifs (C(OH)–C–C–N with tert-alkyl or cyclic N) is 1. The minimum Gasteiger partial charge on any atom is -0.395 e. The molecule has 19 heavy (non-hydrogen) atoms. The minimum atomic E-state index is 0.317. The monoisotopic (exact) mass is 264 g/mol. The van der Waals surface area contributed by atoms with Gasteiger partial charge >= 0.3 is 0 Å². The number of hydrogen-bond donors (Lipinski definition) is 1. The van der Waals surface area contributed by atoms with E-state index in [1.165, 1.54) is 51.9 Å². The van der Waals surface area contributed by atoms with Gasteiger partial charge in [-0.15, -0.1) is 0 Å². The van der Waals surface area contributed by atoms with Gasteiger partial charge in [0.2, 0.25) is 0 Å². The van der Waals surface area contributed by atoms with Gasteiger partial charge in [0, 0.05) is 38.8 Å². The molecule has 3 nitrogen and oxygen atoms in total. The van der Waals surface area contributed by atoms with Gasteiger partial charge in [-0.05, 0) is 55.8 Å². The Hall–Kier alpha value is -0.120. The molecule has 4 bridgehead atoms. The van der Waals surface area contributed by atoms with Crippen LogP contribution in [0.25, 0.3) is 0 Å². The van der Waals surface area contributed by atoms with Crippen LogP contribution in [0.4, 0.5) is 0 Å². The highest BCUT2D eigenvalue weighted by molar-refractivity contribution is 5.02. The third-order valence-corrected chi connectivity index (χ3v) is 6.42. The minimum absolute atomic E-state index is 0.317. The highest BCUT2D eigenvalue weighted by Crippen LogP contribution is 2.55. The summed E-state index contributed by atoms with van der Waals surface area (Å²) in [6, 6.07) is 0.920. The molecule has 0 amide bonds. The molecule has 0 radical (unpaired) electrons. The van der Waals surface area contributed by atoms with E-state index in [-0.39, 0.29) is 0 Å². The summed E-state index contributed by atoms with van der Waals surface area (Å²) in [5, 5.41) is 9.04. The summed E-state index contributed by atoms with van der Waals surface area (Å²) in [6.45, 7) is 6.01. The van der Waals surface area contributed by atoms with Crippen LogP contribution in [0.15, 0.2) is 0 Å². The number of nitrogens with zero attached hydrogens (tertiary/aromatic N) is 2. The molecule has 0 aromatic heterocycles. The fourth-order valence-electron chi connectivity index (χ4n) is 5.92. The third kappa shape index (κ3) is 2.24. The summed E-state index contributed by atoms with van der Waals surface area (Å²) in [4.78, 5) is 5.24. The van der Waals surface area contributed by atoms with Crippen molar-refractivity contribution >= 4 is 0 Å². The lowest BCUT2D eigenvalue weighted by Gasteiger charge is -2.58. The van der Waals surface area contributed by atoms with E-state index in [2.05, 4.69) is 9.80 Å². The van der Waals surface area contributed by atoms with E-state index >= 15 is 0 Å². The van der Waals surface area contributed by atoms with Crippen molar-refractivity contribution < 1.29 is 5.11 Å². The number of piperazine rings is 1. The standard InChI is InChI=1S/C16H28N2O/c19-6-5-17-1-3-18(4-2-17)16-14-8-12-7-13(10-14)11-15(16)9-12/h12-16,19H,1-11H2. The predicted octanol–water partition coefficient (Wildman–Crippen LogP) is 1.42. The molecular formula is C16H28N2O. The smallest absolute Gasteiger partial charge is 0.0558 e. The zero-order valence-corrected chi connectivity index (χ0v) is 12.0. The van der Waals surface area contributed by atoms with Gasteiger partial charge in [0.1, 0.15) is 0 Å². The molecule has 0 atom stereocenters. The lowest BCUT2D eigenvalue weighted by Crippen LogP contribution is -2.60. The number of aliphatic hydroxyl groups excluding tert-OH is 1. The Morgan fingerprint density at radius 3 is 1.89 bits per heavy atom. The van der Waals surface area contributed by atoms with E-state index in [4.69, 9.17) is 5.11 Å². The van der Waals surface area contributed by atoms with E-state index < -0.39 is 0 Å². The van der Waals surface area contributed by atoms with Gasteiger partial charge in [0.15, 0.2) is 0 Å². The second kappa shape index (κ2) is 5.01. The number of hydrogen-bond acceptors (Lipinski definition) is 3. The first-order valence-corrected chi connectivity index (χ1v) is 8.40. The van der Waals surface area contributed by atoms with Gasteiger partial charge in [0.25, 0.3) is 0 Å². The Morgan fingerprint density at radius 2 is 1.37 bits per heavy atom. The molecule has 5 aliphatic rings. The molecule has 5 fully saturated rings. The first kappa shape index (κ1) is 12.6. The van der Waals surface area contributed by atoms with Crippen molar-refractivity contribution in [2.75, 3.05) is 39.3 Å². The van der Waals surface area contributed by atoms with Crippen LogP contribution in [0.1, 0.15) is 32.1 Å². The second-order valence-corrected chi connectivity index (χ2v) is 7.52. The van der Waals surface area contributed by atoms with Gasteiger partial charge in [-0.3, -0.25) is 9.80 Å². The average Bonchev–Trinajstić information content (AvgIpc) is 2.40. The van der Waals surface area contributed by atoms with Crippen LogP contribution in [-0.4, -0.2) is 60.3 Å². The molecule has 4 aliphatic carbocycles. The molecule has 0 spiro atoms. The summed E-state index contributed by atoms with van der Waals surface area (Å²) >= 11 is 0. The van der Waals surface area contributed by atoms with Gasteiger partial charge < -0.3 is 5.11 Å².